The highest BCUT2D eigenvalue weighted by Gasteiger charge is 2.25. The lowest BCUT2D eigenvalue weighted by Crippen LogP contribution is -2.41. The first kappa shape index (κ1) is 23.2. The van der Waals surface area contributed by atoms with Crippen molar-refractivity contribution in [3.63, 3.8) is 0 Å². The van der Waals surface area contributed by atoms with Crippen molar-refractivity contribution in [1.29, 1.82) is 0 Å². The molecule has 0 atom stereocenters. The zero-order valence-electron chi connectivity index (χ0n) is 19.4. The third kappa shape index (κ3) is 5.86. The molecule has 0 fully saturated rings. The molecule has 1 heterocycles. The molecule has 7 nitrogen and oxygen atoms in total. The first-order chi connectivity index (χ1) is 16.5. The predicted octanol–water partition coefficient (Wildman–Crippen LogP) is 4.38. The van der Waals surface area contributed by atoms with Crippen LogP contribution in [-0.4, -0.2) is 38.2 Å². The van der Waals surface area contributed by atoms with Gasteiger partial charge in [0.25, 0.3) is 11.8 Å². The highest BCUT2D eigenvalue weighted by atomic mass is 16.5. The van der Waals surface area contributed by atoms with Crippen LogP contribution in [0.15, 0.2) is 66.7 Å². The van der Waals surface area contributed by atoms with E-state index in [2.05, 4.69) is 12.2 Å². The molecule has 0 bridgehead atoms. The first-order valence-corrected chi connectivity index (χ1v) is 11.3. The van der Waals surface area contributed by atoms with Gasteiger partial charge in [0.05, 0.1) is 12.2 Å². The van der Waals surface area contributed by atoms with Crippen LogP contribution in [0.1, 0.15) is 18.1 Å². The van der Waals surface area contributed by atoms with Gasteiger partial charge in [0.1, 0.15) is 23.9 Å². The number of fused-ring (bicyclic) bond motifs is 1. The van der Waals surface area contributed by atoms with Gasteiger partial charge in [-0.25, -0.2) is 0 Å². The number of nitrogens with zero attached hydrogens (tertiary/aromatic N) is 1. The van der Waals surface area contributed by atoms with Crippen molar-refractivity contribution in [2.75, 3.05) is 36.6 Å². The molecule has 3 aromatic rings. The molecular weight excluding hydrogens is 432 g/mol. The summed E-state index contributed by atoms with van der Waals surface area (Å²) in [6, 6.07) is 20.7. The van der Waals surface area contributed by atoms with Crippen LogP contribution in [0.2, 0.25) is 0 Å². The molecule has 0 spiro atoms. The molecule has 4 rings (SSSR count). The molecule has 7 heteroatoms. The van der Waals surface area contributed by atoms with Crippen LogP contribution >= 0.6 is 0 Å². The molecule has 1 aliphatic heterocycles. The standard InChI is InChI=1S/C27H28N2O5/c1-3-20-6-11-23(12-7-20)33-17-26(30)28-21-8-13-24-25(16-21)34-18-27(31)29(24)14-15-32-22-9-4-19(2)5-10-22/h4-13,16H,3,14-15,17-18H2,1-2H3,(H,28,30). The highest BCUT2D eigenvalue weighted by molar-refractivity contribution is 5.99. The number of hydrogen-bond donors (Lipinski definition) is 1. The normalized spacial score (nSPS) is 12.5. The van der Waals surface area contributed by atoms with Gasteiger partial charge in [-0.15, -0.1) is 0 Å². The van der Waals surface area contributed by atoms with Crippen molar-refractivity contribution < 1.29 is 23.8 Å². The Labute approximate surface area is 199 Å². The molecule has 0 aliphatic carbocycles. The molecule has 0 aromatic heterocycles. The average Bonchev–Trinajstić information content (AvgIpc) is 2.85. The Morgan fingerprint density at radius 1 is 1.00 bits per heavy atom. The Hall–Kier alpha value is -4.00. The number of ether oxygens (including phenoxy) is 3. The number of amides is 2. The molecule has 1 N–H and O–H groups in total. The third-order valence-electron chi connectivity index (χ3n) is 5.49. The summed E-state index contributed by atoms with van der Waals surface area (Å²) in [5.74, 6) is 1.51. The fourth-order valence-electron chi connectivity index (χ4n) is 3.58. The van der Waals surface area contributed by atoms with Crippen LogP contribution in [0.3, 0.4) is 0 Å². The van der Waals surface area contributed by atoms with E-state index in [0.717, 1.165) is 17.7 Å². The Balaban J connectivity index is 1.33. The molecule has 0 unspecified atom stereocenters. The highest BCUT2D eigenvalue weighted by Crippen LogP contribution is 2.34. The minimum atomic E-state index is -0.283. The number of hydrogen-bond acceptors (Lipinski definition) is 5. The Morgan fingerprint density at radius 3 is 2.44 bits per heavy atom. The fourth-order valence-corrected chi connectivity index (χ4v) is 3.58. The van der Waals surface area contributed by atoms with Crippen LogP contribution in [0.4, 0.5) is 11.4 Å². The van der Waals surface area contributed by atoms with Crippen molar-refractivity contribution in [3.8, 4) is 17.2 Å². The molecule has 0 saturated heterocycles. The van der Waals surface area contributed by atoms with Gasteiger partial charge in [0.2, 0.25) is 0 Å². The summed E-state index contributed by atoms with van der Waals surface area (Å²) in [6.45, 7) is 4.67. The summed E-state index contributed by atoms with van der Waals surface area (Å²) >= 11 is 0. The first-order valence-electron chi connectivity index (χ1n) is 11.3. The van der Waals surface area contributed by atoms with Gasteiger partial charge in [0, 0.05) is 11.8 Å². The quantitative estimate of drug-likeness (QED) is 0.513. The van der Waals surface area contributed by atoms with E-state index in [1.807, 2.05) is 55.5 Å². The van der Waals surface area contributed by atoms with Crippen molar-refractivity contribution in [3.05, 3.63) is 77.9 Å². The summed E-state index contributed by atoms with van der Waals surface area (Å²) in [5.41, 5.74) is 3.58. The van der Waals surface area contributed by atoms with E-state index in [0.29, 0.717) is 36.0 Å². The van der Waals surface area contributed by atoms with E-state index in [1.54, 1.807) is 23.1 Å². The lowest BCUT2D eigenvalue weighted by molar-refractivity contribution is -0.121. The topological polar surface area (TPSA) is 77.1 Å². The zero-order valence-corrected chi connectivity index (χ0v) is 19.4. The SMILES string of the molecule is CCc1ccc(OCC(=O)Nc2ccc3c(c2)OCC(=O)N3CCOc2ccc(C)cc2)cc1. The molecule has 0 saturated carbocycles. The van der Waals surface area contributed by atoms with E-state index in [4.69, 9.17) is 14.2 Å². The average molecular weight is 461 g/mol. The van der Waals surface area contributed by atoms with Crippen LogP contribution in [0.5, 0.6) is 17.2 Å². The third-order valence-corrected chi connectivity index (χ3v) is 5.49. The maximum absolute atomic E-state index is 12.4. The minimum Gasteiger partial charge on any atom is -0.492 e. The second-order valence-corrected chi connectivity index (χ2v) is 8.01. The van der Waals surface area contributed by atoms with Crippen molar-refractivity contribution in [2.45, 2.75) is 20.3 Å². The number of anilines is 2. The van der Waals surface area contributed by atoms with Crippen molar-refractivity contribution >= 4 is 23.2 Å². The monoisotopic (exact) mass is 460 g/mol. The maximum atomic E-state index is 12.4. The maximum Gasteiger partial charge on any atom is 0.265 e. The van der Waals surface area contributed by atoms with Gasteiger partial charge in [-0.05, 0) is 55.3 Å². The van der Waals surface area contributed by atoms with Gasteiger partial charge >= 0.3 is 0 Å². The van der Waals surface area contributed by atoms with Crippen LogP contribution in [-0.2, 0) is 16.0 Å². The molecule has 176 valence electrons. The van der Waals surface area contributed by atoms with Crippen LogP contribution in [0.25, 0.3) is 0 Å². The smallest absolute Gasteiger partial charge is 0.265 e. The molecule has 2 amide bonds. The van der Waals surface area contributed by atoms with E-state index in [9.17, 15) is 9.59 Å². The zero-order chi connectivity index (χ0) is 23.9. The number of rotatable bonds is 9. The number of carbonyl (C=O) groups excluding carboxylic acids is 2. The Bertz CT molecular complexity index is 1140. The Kier molecular flexibility index (Phi) is 7.32. The minimum absolute atomic E-state index is 0.0637. The van der Waals surface area contributed by atoms with Gasteiger partial charge < -0.3 is 24.4 Å². The molecule has 0 radical (unpaired) electrons. The van der Waals surface area contributed by atoms with E-state index in [1.165, 1.54) is 5.56 Å². The number of benzene rings is 3. The van der Waals surface area contributed by atoms with E-state index >= 15 is 0 Å². The van der Waals surface area contributed by atoms with Crippen LogP contribution < -0.4 is 24.4 Å². The molecular formula is C27H28N2O5. The second-order valence-electron chi connectivity index (χ2n) is 8.01. The number of aryl methyl sites for hydroxylation is 2. The molecule has 3 aromatic carbocycles. The van der Waals surface area contributed by atoms with Gasteiger partial charge in [-0.1, -0.05) is 36.8 Å². The van der Waals surface area contributed by atoms with Gasteiger partial charge in [-0.3, -0.25) is 9.59 Å². The van der Waals surface area contributed by atoms with E-state index in [-0.39, 0.29) is 25.0 Å². The lowest BCUT2D eigenvalue weighted by atomic mass is 10.2. The molecule has 1 aliphatic rings. The summed E-state index contributed by atoms with van der Waals surface area (Å²) in [4.78, 5) is 26.4. The number of carbonyl (C=O) groups is 2. The van der Waals surface area contributed by atoms with Gasteiger partial charge in [-0.2, -0.15) is 0 Å². The van der Waals surface area contributed by atoms with E-state index < -0.39 is 0 Å². The summed E-state index contributed by atoms with van der Waals surface area (Å²) < 4.78 is 16.9. The van der Waals surface area contributed by atoms with Crippen molar-refractivity contribution in [1.82, 2.24) is 0 Å². The van der Waals surface area contributed by atoms with Gasteiger partial charge in [0.15, 0.2) is 13.2 Å². The summed E-state index contributed by atoms with van der Waals surface area (Å²) in [5, 5.41) is 2.81. The lowest BCUT2D eigenvalue weighted by Gasteiger charge is -2.29. The second kappa shape index (κ2) is 10.7. The number of nitrogens with one attached hydrogen (secondary N) is 1. The largest absolute Gasteiger partial charge is 0.492 e. The predicted molar refractivity (Wildman–Crippen MR) is 131 cm³/mol. The molecule has 34 heavy (non-hydrogen) atoms. The summed E-state index contributed by atoms with van der Waals surface area (Å²) in [6.07, 6.45) is 0.948. The Morgan fingerprint density at radius 2 is 1.71 bits per heavy atom. The summed E-state index contributed by atoms with van der Waals surface area (Å²) in [7, 11) is 0. The fraction of sp³-hybridized carbons (Fsp3) is 0.259. The van der Waals surface area contributed by atoms with Crippen molar-refractivity contribution in [2.24, 2.45) is 0 Å². The van der Waals surface area contributed by atoms with Crippen LogP contribution in [0, 0.1) is 6.92 Å².